The summed E-state index contributed by atoms with van der Waals surface area (Å²) in [5, 5.41) is 3.46. The standard InChI is InChI=1S/C14H21NO2/c1-3-15-13(10-16-4-2)12-7-5-6-11-8-9-17-14(11)12/h5-7,13,15H,3-4,8-10H2,1-2H3. The minimum Gasteiger partial charge on any atom is -0.493 e. The number of hydrogen-bond acceptors (Lipinski definition) is 3. The molecule has 1 aromatic carbocycles. The third kappa shape index (κ3) is 2.79. The molecule has 1 aromatic rings. The largest absolute Gasteiger partial charge is 0.493 e. The summed E-state index contributed by atoms with van der Waals surface area (Å²) >= 11 is 0. The lowest BCUT2D eigenvalue weighted by atomic mass is 10.0. The van der Waals surface area contributed by atoms with E-state index in [-0.39, 0.29) is 6.04 Å². The van der Waals surface area contributed by atoms with E-state index in [0.29, 0.717) is 6.61 Å². The summed E-state index contributed by atoms with van der Waals surface area (Å²) < 4.78 is 11.3. The fraction of sp³-hybridized carbons (Fsp3) is 0.571. The molecule has 2 rings (SSSR count). The number of fused-ring (bicyclic) bond motifs is 1. The highest BCUT2D eigenvalue weighted by Crippen LogP contribution is 2.33. The second-order valence-electron chi connectivity index (χ2n) is 4.20. The topological polar surface area (TPSA) is 30.5 Å². The van der Waals surface area contributed by atoms with Gasteiger partial charge in [-0.05, 0) is 19.0 Å². The number of likely N-dealkylation sites (N-methyl/N-ethyl adjacent to an activating group) is 1. The Labute approximate surface area is 103 Å². The molecular weight excluding hydrogens is 214 g/mol. The Kier molecular flexibility index (Phi) is 4.40. The van der Waals surface area contributed by atoms with Gasteiger partial charge in [-0.2, -0.15) is 0 Å². The molecule has 0 bridgehead atoms. The van der Waals surface area contributed by atoms with Crippen molar-refractivity contribution in [1.29, 1.82) is 0 Å². The third-order valence-electron chi connectivity index (χ3n) is 3.06. The molecule has 1 aliphatic rings. The maximum Gasteiger partial charge on any atom is 0.127 e. The SMILES string of the molecule is CCNC(COCC)c1cccc2c1OCC2. The molecule has 94 valence electrons. The number of nitrogens with one attached hydrogen (secondary N) is 1. The molecule has 0 radical (unpaired) electrons. The minimum absolute atomic E-state index is 0.230. The number of rotatable bonds is 6. The van der Waals surface area contributed by atoms with Crippen LogP contribution in [0.15, 0.2) is 18.2 Å². The van der Waals surface area contributed by atoms with Crippen LogP contribution in [-0.4, -0.2) is 26.4 Å². The van der Waals surface area contributed by atoms with Crippen molar-refractivity contribution < 1.29 is 9.47 Å². The van der Waals surface area contributed by atoms with E-state index >= 15 is 0 Å². The van der Waals surface area contributed by atoms with Gasteiger partial charge in [0.25, 0.3) is 0 Å². The van der Waals surface area contributed by atoms with Crippen LogP contribution in [-0.2, 0) is 11.2 Å². The van der Waals surface area contributed by atoms with Gasteiger partial charge in [-0.1, -0.05) is 25.1 Å². The average Bonchev–Trinajstić information content (AvgIpc) is 2.82. The van der Waals surface area contributed by atoms with Gasteiger partial charge in [-0.3, -0.25) is 0 Å². The van der Waals surface area contributed by atoms with Crippen molar-refractivity contribution in [2.45, 2.75) is 26.3 Å². The van der Waals surface area contributed by atoms with Gasteiger partial charge in [-0.25, -0.2) is 0 Å². The zero-order valence-corrected chi connectivity index (χ0v) is 10.7. The van der Waals surface area contributed by atoms with Crippen LogP contribution in [0, 0.1) is 0 Å². The second kappa shape index (κ2) is 6.03. The Morgan fingerprint density at radius 1 is 1.41 bits per heavy atom. The number of hydrogen-bond donors (Lipinski definition) is 1. The molecule has 0 saturated heterocycles. The van der Waals surface area contributed by atoms with Gasteiger partial charge in [0.05, 0.1) is 19.3 Å². The van der Waals surface area contributed by atoms with Gasteiger partial charge in [0.15, 0.2) is 0 Å². The lowest BCUT2D eigenvalue weighted by molar-refractivity contribution is 0.122. The lowest BCUT2D eigenvalue weighted by Crippen LogP contribution is -2.25. The summed E-state index contributed by atoms with van der Waals surface area (Å²) in [6.07, 6.45) is 1.02. The Balaban J connectivity index is 2.20. The smallest absolute Gasteiger partial charge is 0.127 e. The summed E-state index contributed by atoms with van der Waals surface area (Å²) in [5.74, 6) is 1.07. The zero-order chi connectivity index (χ0) is 12.1. The predicted octanol–water partition coefficient (Wildman–Crippen LogP) is 2.31. The van der Waals surface area contributed by atoms with Gasteiger partial charge < -0.3 is 14.8 Å². The Morgan fingerprint density at radius 2 is 2.29 bits per heavy atom. The van der Waals surface area contributed by atoms with Gasteiger partial charge in [-0.15, -0.1) is 0 Å². The Bertz CT molecular complexity index is 365. The van der Waals surface area contributed by atoms with Crippen LogP contribution >= 0.6 is 0 Å². The number of benzene rings is 1. The molecule has 0 fully saturated rings. The first kappa shape index (κ1) is 12.4. The van der Waals surface area contributed by atoms with Crippen molar-refractivity contribution in [3.05, 3.63) is 29.3 Å². The molecule has 0 aromatic heterocycles. The first-order valence-electron chi connectivity index (χ1n) is 6.42. The number of ether oxygens (including phenoxy) is 2. The van der Waals surface area contributed by atoms with Gasteiger partial charge >= 0.3 is 0 Å². The second-order valence-corrected chi connectivity index (χ2v) is 4.20. The van der Waals surface area contributed by atoms with E-state index in [1.807, 2.05) is 6.92 Å². The predicted molar refractivity (Wildman–Crippen MR) is 68.6 cm³/mol. The molecule has 0 saturated carbocycles. The highest BCUT2D eigenvalue weighted by atomic mass is 16.5. The molecule has 1 unspecified atom stereocenters. The van der Waals surface area contributed by atoms with Crippen molar-refractivity contribution in [3.63, 3.8) is 0 Å². The molecule has 0 amide bonds. The zero-order valence-electron chi connectivity index (χ0n) is 10.7. The van der Waals surface area contributed by atoms with E-state index in [9.17, 15) is 0 Å². The van der Waals surface area contributed by atoms with E-state index in [4.69, 9.17) is 9.47 Å². The van der Waals surface area contributed by atoms with E-state index < -0.39 is 0 Å². The van der Waals surface area contributed by atoms with E-state index in [0.717, 1.165) is 31.9 Å². The third-order valence-corrected chi connectivity index (χ3v) is 3.06. The van der Waals surface area contributed by atoms with Gasteiger partial charge in [0.2, 0.25) is 0 Å². The monoisotopic (exact) mass is 235 g/mol. The van der Waals surface area contributed by atoms with Crippen LogP contribution in [0.4, 0.5) is 0 Å². The van der Waals surface area contributed by atoms with Crippen molar-refractivity contribution in [3.8, 4) is 5.75 Å². The molecule has 1 aliphatic heterocycles. The van der Waals surface area contributed by atoms with Crippen molar-refractivity contribution in [2.24, 2.45) is 0 Å². The quantitative estimate of drug-likeness (QED) is 0.820. The molecule has 1 N–H and O–H groups in total. The van der Waals surface area contributed by atoms with Gasteiger partial charge in [0.1, 0.15) is 5.75 Å². The average molecular weight is 235 g/mol. The minimum atomic E-state index is 0.230. The molecule has 1 atom stereocenters. The highest BCUT2D eigenvalue weighted by Gasteiger charge is 2.21. The lowest BCUT2D eigenvalue weighted by Gasteiger charge is -2.20. The van der Waals surface area contributed by atoms with Crippen LogP contribution in [0.1, 0.15) is 31.0 Å². The first-order valence-corrected chi connectivity index (χ1v) is 6.42. The van der Waals surface area contributed by atoms with Crippen molar-refractivity contribution in [1.82, 2.24) is 5.32 Å². The van der Waals surface area contributed by atoms with Crippen LogP contribution in [0.3, 0.4) is 0 Å². The summed E-state index contributed by atoms with van der Waals surface area (Å²) in [4.78, 5) is 0. The Morgan fingerprint density at radius 3 is 3.06 bits per heavy atom. The molecule has 3 nitrogen and oxygen atoms in total. The summed E-state index contributed by atoms with van der Waals surface area (Å²) in [6.45, 7) is 7.32. The van der Waals surface area contributed by atoms with Crippen LogP contribution < -0.4 is 10.1 Å². The maximum absolute atomic E-state index is 5.74. The van der Waals surface area contributed by atoms with Crippen molar-refractivity contribution >= 4 is 0 Å². The Hall–Kier alpha value is -1.06. The highest BCUT2D eigenvalue weighted by molar-refractivity contribution is 5.45. The summed E-state index contributed by atoms with van der Waals surface area (Å²) in [7, 11) is 0. The molecular formula is C14H21NO2. The fourth-order valence-corrected chi connectivity index (χ4v) is 2.26. The molecule has 0 aliphatic carbocycles. The van der Waals surface area contributed by atoms with Crippen LogP contribution in [0.5, 0.6) is 5.75 Å². The van der Waals surface area contributed by atoms with Crippen LogP contribution in [0.25, 0.3) is 0 Å². The number of para-hydroxylation sites is 1. The van der Waals surface area contributed by atoms with E-state index in [1.54, 1.807) is 0 Å². The van der Waals surface area contributed by atoms with Gasteiger partial charge in [0, 0.05) is 18.6 Å². The van der Waals surface area contributed by atoms with Crippen LogP contribution in [0.2, 0.25) is 0 Å². The normalized spacial score (nSPS) is 15.4. The molecule has 1 heterocycles. The molecule has 3 heteroatoms. The fourth-order valence-electron chi connectivity index (χ4n) is 2.26. The summed E-state index contributed by atoms with van der Waals surface area (Å²) in [5.41, 5.74) is 2.55. The summed E-state index contributed by atoms with van der Waals surface area (Å²) in [6, 6.07) is 6.62. The van der Waals surface area contributed by atoms with E-state index in [1.165, 1.54) is 11.1 Å². The van der Waals surface area contributed by atoms with Crippen molar-refractivity contribution in [2.75, 3.05) is 26.4 Å². The molecule has 17 heavy (non-hydrogen) atoms. The first-order chi connectivity index (χ1) is 8.36. The molecule has 0 spiro atoms. The maximum atomic E-state index is 5.74. The van der Waals surface area contributed by atoms with E-state index in [2.05, 4.69) is 30.4 Å².